The van der Waals surface area contributed by atoms with E-state index in [9.17, 15) is 9.59 Å². The largest absolute Gasteiger partial charge is 0.489 e. The summed E-state index contributed by atoms with van der Waals surface area (Å²) in [5.74, 6) is -0.197. The molecule has 0 fully saturated rings. The van der Waals surface area contributed by atoms with Gasteiger partial charge in [-0.2, -0.15) is 0 Å². The van der Waals surface area contributed by atoms with Crippen LogP contribution in [-0.4, -0.2) is 11.7 Å². The topological polar surface area (TPSA) is 46.6 Å². The second-order valence-corrected chi connectivity index (χ2v) is 7.22. The van der Waals surface area contributed by atoms with Crippen molar-refractivity contribution < 1.29 is 14.3 Å². The molecule has 0 unspecified atom stereocenters. The highest BCUT2D eigenvalue weighted by Crippen LogP contribution is 2.32. The Labute approximate surface area is 165 Å². The van der Waals surface area contributed by atoms with Crippen molar-refractivity contribution in [2.24, 2.45) is 0 Å². The molecule has 0 bridgehead atoms. The highest BCUT2D eigenvalue weighted by atomic mass is 79.9. The fourth-order valence-corrected chi connectivity index (χ4v) is 3.41. The van der Waals surface area contributed by atoms with E-state index in [0.29, 0.717) is 24.4 Å². The van der Waals surface area contributed by atoms with E-state index in [2.05, 4.69) is 15.9 Å². The molecule has 3 aromatic rings. The van der Waals surface area contributed by atoms with Crippen LogP contribution < -0.4 is 9.64 Å². The van der Waals surface area contributed by atoms with E-state index in [4.69, 9.17) is 4.74 Å². The number of ether oxygens (including phenoxy) is 1. The third-order valence-corrected chi connectivity index (χ3v) is 4.94. The maximum Gasteiger partial charge on any atom is 0.299 e. The second-order valence-electron chi connectivity index (χ2n) is 6.30. The summed E-state index contributed by atoms with van der Waals surface area (Å²) in [6, 6.07) is 22.9. The van der Waals surface area contributed by atoms with Crippen molar-refractivity contribution in [3.05, 3.63) is 94.0 Å². The average molecular weight is 422 g/mol. The lowest BCUT2D eigenvalue weighted by Gasteiger charge is -2.17. The highest BCUT2D eigenvalue weighted by Gasteiger charge is 2.35. The Morgan fingerprint density at radius 2 is 1.59 bits per heavy atom. The number of halogens is 1. The molecule has 0 spiro atoms. The Kier molecular flexibility index (Phi) is 4.77. The zero-order valence-electron chi connectivity index (χ0n) is 14.4. The first-order chi connectivity index (χ1) is 13.1. The quantitative estimate of drug-likeness (QED) is 0.558. The number of ketones is 1. The SMILES string of the molecule is O=C1C(=O)N(Cc2ccc(OCc3ccccc3)cc2)c2ccc(Br)cc21. The van der Waals surface area contributed by atoms with Crippen molar-refractivity contribution in [3.63, 3.8) is 0 Å². The average Bonchev–Trinajstić information content (AvgIpc) is 2.93. The molecule has 1 aliphatic heterocycles. The molecule has 134 valence electrons. The van der Waals surface area contributed by atoms with E-state index in [1.807, 2.05) is 60.7 Å². The number of carbonyl (C=O) groups is 2. The second kappa shape index (κ2) is 7.37. The molecule has 0 aromatic heterocycles. The highest BCUT2D eigenvalue weighted by molar-refractivity contribution is 9.10. The van der Waals surface area contributed by atoms with Gasteiger partial charge in [0.1, 0.15) is 12.4 Å². The number of anilines is 1. The number of carbonyl (C=O) groups excluding carboxylic acids is 2. The number of benzene rings is 3. The van der Waals surface area contributed by atoms with Gasteiger partial charge in [-0.05, 0) is 41.5 Å². The summed E-state index contributed by atoms with van der Waals surface area (Å²) in [4.78, 5) is 26.0. The first-order valence-corrected chi connectivity index (χ1v) is 9.32. The minimum Gasteiger partial charge on any atom is -0.489 e. The Hall–Kier alpha value is -2.92. The zero-order chi connectivity index (χ0) is 18.8. The fraction of sp³-hybridized carbons (Fsp3) is 0.0909. The van der Waals surface area contributed by atoms with E-state index in [-0.39, 0.29) is 0 Å². The summed E-state index contributed by atoms with van der Waals surface area (Å²) in [5, 5.41) is 0. The summed E-state index contributed by atoms with van der Waals surface area (Å²) in [5.41, 5.74) is 3.12. The Balaban J connectivity index is 1.46. The lowest BCUT2D eigenvalue weighted by atomic mass is 10.1. The molecule has 4 rings (SSSR count). The number of fused-ring (bicyclic) bond motifs is 1. The van der Waals surface area contributed by atoms with Gasteiger partial charge in [-0.3, -0.25) is 9.59 Å². The summed E-state index contributed by atoms with van der Waals surface area (Å²) in [6.45, 7) is 0.847. The van der Waals surface area contributed by atoms with Gasteiger partial charge < -0.3 is 9.64 Å². The first-order valence-electron chi connectivity index (χ1n) is 8.53. The maximum atomic E-state index is 12.3. The minimum absolute atomic E-state index is 0.345. The Bertz CT molecular complexity index is 1000. The van der Waals surface area contributed by atoms with Crippen LogP contribution in [0.3, 0.4) is 0 Å². The molecule has 1 aliphatic rings. The summed E-state index contributed by atoms with van der Waals surface area (Å²) >= 11 is 3.34. The standard InChI is InChI=1S/C22H16BrNO3/c23-17-8-11-20-19(12-17)21(25)22(26)24(20)13-15-6-9-18(10-7-15)27-14-16-4-2-1-3-5-16/h1-12H,13-14H2. The fourth-order valence-electron chi connectivity index (χ4n) is 3.04. The third kappa shape index (κ3) is 3.64. The molecule has 5 heteroatoms. The molecule has 0 saturated heterocycles. The smallest absolute Gasteiger partial charge is 0.299 e. The number of nitrogens with zero attached hydrogens (tertiary/aromatic N) is 1. The van der Waals surface area contributed by atoms with Gasteiger partial charge in [-0.15, -0.1) is 0 Å². The first kappa shape index (κ1) is 17.5. The molecule has 27 heavy (non-hydrogen) atoms. The van der Waals surface area contributed by atoms with Crippen molar-refractivity contribution in [1.29, 1.82) is 0 Å². The van der Waals surface area contributed by atoms with Gasteiger partial charge >= 0.3 is 0 Å². The molecule has 0 N–H and O–H groups in total. The van der Waals surface area contributed by atoms with Gasteiger partial charge in [-0.1, -0.05) is 58.4 Å². The number of rotatable bonds is 5. The predicted molar refractivity (Wildman–Crippen MR) is 107 cm³/mol. The van der Waals surface area contributed by atoms with Crippen LogP contribution in [0, 0.1) is 0 Å². The number of hydrogen-bond acceptors (Lipinski definition) is 3. The maximum absolute atomic E-state index is 12.3. The van der Waals surface area contributed by atoms with Crippen LogP contribution in [0.25, 0.3) is 0 Å². The lowest BCUT2D eigenvalue weighted by Crippen LogP contribution is -2.29. The van der Waals surface area contributed by atoms with Gasteiger partial charge in [0.2, 0.25) is 0 Å². The van der Waals surface area contributed by atoms with Crippen molar-refractivity contribution in [2.75, 3.05) is 4.90 Å². The van der Waals surface area contributed by atoms with E-state index >= 15 is 0 Å². The van der Waals surface area contributed by atoms with Crippen LogP contribution in [0.5, 0.6) is 5.75 Å². The van der Waals surface area contributed by atoms with E-state index in [1.54, 1.807) is 12.1 Å². The zero-order valence-corrected chi connectivity index (χ0v) is 16.0. The number of Topliss-reactive ketones (excluding diaryl/α,β-unsaturated/α-hetero) is 1. The molecule has 0 saturated carbocycles. The van der Waals surface area contributed by atoms with Gasteiger partial charge in [0.25, 0.3) is 11.7 Å². The van der Waals surface area contributed by atoms with Crippen molar-refractivity contribution in [2.45, 2.75) is 13.2 Å². The van der Waals surface area contributed by atoms with Crippen molar-refractivity contribution in [3.8, 4) is 5.75 Å². The monoisotopic (exact) mass is 421 g/mol. The van der Waals surface area contributed by atoms with Crippen molar-refractivity contribution in [1.82, 2.24) is 0 Å². The summed E-state index contributed by atoms with van der Waals surface area (Å²) in [6.07, 6.45) is 0. The van der Waals surface area contributed by atoms with Crippen LogP contribution in [-0.2, 0) is 17.9 Å². The predicted octanol–water partition coefficient (Wildman–Crippen LogP) is 4.76. The van der Waals surface area contributed by atoms with E-state index in [0.717, 1.165) is 21.3 Å². The van der Waals surface area contributed by atoms with Crippen LogP contribution in [0.15, 0.2) is 77.3 Å². The molecule has 1 amide bonds. The minimum atomic E-state index is -0.493. The van der Waals surface area contributed by atoms with Gasteiger partial charge in [0.15, 0.2) is 0 Å². The van der Waals surface area contributed by atoms with Crippen molar-refractivity contribution >= 4 is 33.3 Å². The van der Waals surface area contributed by atoms with E-state index < -0.39 is 11.7 Å². The normalized spacial score (nSPS) is 13.0. The molecule has 0 aliphatic carbocycles. The molecular weight excluding hydrogens is 406 g/mol. The third-order valence-electron chi connectivity index (χ3n) is 4.45. The van der Waals surface area contributed by atoms with Crippen LogP contribution in [0.4, 0.5) is 5.69 Å². The lowest BCUT2D eigenvalue weighted by molar-refractivity contribution is -0.114. The Morgan fingerprint density at radius 1 is 0.852 bits per heavy atom. The summed E-state index contributed by atoms with van der Waals surface area (Å²) in [7, 11) is 0. The van der Waals surface area contributed by atoms with E-state index in [1.165, 1.54) is 4.90 Å². The number of amides is 1. The molecular formula is C22H16BrNO3. The van der Waals surface area contributed by atoms with Gasteiger partial charge in [0, 0.05) is 4.47 Å². The van der Waals surface area contributed by atoms with Crippen LogP contribution in [0.2, 0.25) is 0 Å². The van der Waals surface area contributed by atoms with Crippen LogP contribution >= 0.6 is 15.9 Å². The molecule has 4 nitrogen and oxygen atoms in total. The van der Waals surface area contributed by atoms with Gasteiger partial charge in [-0.25, -0.2) is 0 Å². The Morgan fingerprint density at radius 3 is 2.33 bits per heavy atom. The molecule has 1 heterocycles. The number of hydrogen-bond donors (Lipinski definition) is 0. The van der Waals surface area contributed by atoms with Crippen LogP contribution in [0.1, 0.15) is 21.5 Å². The van der Waals surface area contributed by atoms with Gasteiger partial charge in [0.05, 0.1) is 17.8 Å². The summed E-state index contributed by atoms with van der Waals surface area (Å²) < 4.78 is 6.57. The molecule has 0 radical (unpaired) electrons. The molecule has 0 atom stereocenters. The molecule has 3 aromatic carbocycles.